The Morgan fingerprint density at radius 1 is 1.33 bits per heavy atom. The highest BCUT2D eigenvalue weighted by Gasteiger charge is 2.16. The van der Waals surface area contributed by atoms with Gasteiger partial charge in [0.05, 0.1) is 5.69 Å². The summed E-state index contributed by atoms with van der Waals surface area (Å²) in [4.78, 5) is 7.03. The molecule has 18 heavy (non-hydrogen) atoms. The van der Waals surface area contributed by atoms with Gasteiger partial charge in [0.1, 0.15) is 0 Å². The van der Waals surface area contributed by atoms with Gasteiger partial charge >= 0.3 is 0 Å². The SMILES string of the molecule is CCN(Cc1ccc(C)cn1)CC1CCNCC1. The maximum Gasteiger partial charge on any atom is 0.0544 e. The van der Waals surface area contributed by atoms with Crippen LogP contribution in [0.5, 0.6) is 0 Å². The number of aromatic nitrogens is 1. The minimum absolute atomic E-state index is 0.858. The minimum atomic E-state index is 0.858. The highest BCUT2D eigenvalue weighted by atomic mass is 15.1. The molecule has 0 radical (unpaired) electrons. The van der Waals surface area contributed by atoms with Crippen LogP contribution in [0, 0.1) is 12.8 Å². The summed E-state index contributed by atoms with van der Waals surface area (Å²) in [7, 11) is 0. The van der Waals surface area contributed by atoms with E-state index in [-0.39, 0.29) is 0 Å². The molecule has 2 rings (SSSR count). The molecule has 0 saturated carbocycles. The lowest BCUT2D eigenvalue weighted by molar-refractivity contribution is 0.205. The van der Waals surface area contributed by atoms with E-state index in [0.29, 0.717) is 0 Å². The van der Waals surface area contributed by atoms with Crippen LogP contribution in [0.1, 0.15) is 31.0 Å². The maximum absolute atomic E-state index is 4.51. The molecule has 0 aliphatic carbocycles. The van der Waals surface area contributed by atoms with Gasteiger partial charge in [0.15, 0.2) is 0 Å². The molecule has 1 aliphatic heterocycles. The third kappa shape index (κ3) is 4.07. The van der Waals surface area contributed by atoms with Crippen LogP contribution in [0.2, 0.25) is 0 Å². The normalized spacial score (nSPS) is 17.3. The van der Waals surface area contributed by atoms with E-state index in [4.69, 9.17) is 0 Å². The summed E-state index contributed by atoms with van der Waals surface area (Å²) < 4.78 is 0. The molecule has 100 valence electrons. The average Bonchev–Trinajstić information content (AvgIpc) is 2.41. The van der Waals surface area contributed by atoms with E-state index in [2.05, 4.69) is 41.2 Å². The van der Waals surface area contributed by atoms with Crippen LogP contribution in [-0.4, -0.2) is 36.1 Å². The van der Waals surface area contributed by atoms with Crippen molar-refractivity contribution in [2.24, 2.45) is 5.92 Å². The second-order valence-corrected chi connectivity index (χ2v) is 5.35. The average molecular weight is 247 g/mol. The number of piperidine rings is 1. The number of hydrogen-bond donors (Lipinski definition) is 1. The van der Waals surface area contributed by atoms with Crippen molar-refractivity contribution in [3.05, 3.63) is 29.6 Å². The fraction of sp³-hybridized carbons (Fsp3) is 0.667. The van der Waals surface area contributed by atoms with Crippen LogP contribution in [0.15, 0.2) is 18.3 Å². The molecule has 1 aliphatic rings. The number of nitrogens with zero attached hydrogens (tertiary/aromatic N) is 2. The molecule has 0 unspecified atom stereocenters. The number of pyridine rings is 1. The van der Waals surface area contributed by atoms with Gasteiger partial charge in [0, 0.05) is 19.3 Å². The molecule has 1 fully saturated rings. The van der Waals surface area contributed by atoms with Gasteiger partial charge in [-0.3, -0.25) is 9.88 Å². The largest absolute Gasteiger partial charge is 0.317 e. The van der Waals surface area contributed by atoms with Gasteiger partial charge in [-0.15, -0.1) is 0 Å². The van der Waals surface area contributed by atoms with Gasteiger partial charge in [0.2, 0.25) is 0 Å². The lowest BCUT2D eigenvalue weighted by Gasteiger charge is -2.29. The van der Waals surface area contributed by atoms with Crippen molar-refractivity contribution >= 4 is 0 Å². The van der Waals surface area contributed by atoms with Crippen molar-refractivity contribution in [1.29, 1.82) is 0 Å². The van der Waals surface area contributed by atoms with Crippen LogP contribution in [0.25, 0.3) is 0 Å². The summed E-state index contributed by atoms with van der Waals surface area (Å²) in [5.74, 6) is 0.858. The fourth-order valence-electron chi connectivity index (χ4n) is 2.56. The molecule has 3 nitrogen and oxygen atoms in total. The van der Waals surface area contributed by atoms with Gasteiger partial charge < -0.3 is 5.32 Å². The Bertz CT molecular complexity index is 341. The first-order chi connectivity index (χ1) is 8.78. The molecule has 1 aromatic rings. The van der Waals surface area contributed by atoms with Crippen molar-refractivity contribution in [2.45, 2.75) is 33.2 Å². The Kier molecular flexibility index (Phi) is 5.14. The van der Waals surface area contributed by atoms with Crippen LogP contribution >= 0.6 is 0 Å². The minimum Gasteiger partial charge on any atom is -0.317 e. The fourth-order valence-corrected chi connectivity index (χ4v) is 2.56. The Hall–Kier alpha value is -0.930. The van der Waals surface area contributed by atoms with Crippen LogP contribution in [0.4, 0.5) is 0 Å². The zero-order valence-electron chi connectivity index (χ0n) is 11.7. The first-order valence-corrected chi connectivity index (χ1v) is 7.12. The number of hydrogen-bond acceptors (Lipinski definition) is 3. The van der Waals surface area contributed by atoms with E-state index in [1.807, 2.05) is 6.20 Å². The molecular formula is C15H25N3. The third-order valence-corrected chi connectivity index (χ3v) is 3.78. The Balaban J connectivity index is 1.86. The van der Waals surface area contributed by atoms with Crippen LogP contribution in [-0.2, 0) is 6.54 Å². The lowest BCUT2D eigenvalue weighted by atomic mass is 9.97. The molecule has 0 bridgehead atoms. The van der Waals surface area contributed by atoms with Crippen molar-refractivity contribution in [1.82, 2.24) is 15.2 Å². The van der Waals surface area contributed by atoms with Crippen molar-refractivity contribution in [3.8, 4) is 0 Å². The van der Waals surface area contributed by atoms with Gasteiger partial charge in [0.25, 0.3) is 0 Å². The predicted molar refractivity (Wildman–Crippen MR) is 75.5 cm³/mol. The summed E-state index contributed by atoms with van der Waals surface area (Å²) in [5.41, 5.74) is 2.43. The summed E-state index contributed by atoms with van der Waals surface area (Å²) in [6.45, 7) is 10.0. The lowest BCUT2D eigenvalue weighted by Crippen LogP contribution is -2.36. The second kappa shape index (κ2) is 6.86. The van der Waals surface area contributed by atoms with E-state index < -0.39 is 0 Å². The van der Waals surface area contributed by atoms with Crippen LogP contribution in [0.3, 0.4) is 0 Å². The number of aryl methyl sites for hydroxylation is 1. The van der Waals surface area contributed by atoms with E-state index in [1.165, 1.54) is 43.7 Å². The van der Waals surface area contributed by atoms with E-state index in [1.54, 1.807) is 0 Å². The van der Waals surface area contributed by atoms with Gasteiger partial charge in [-0.2, -0.15) is 0 Å². The van der Waals surface area contributed by atoms with E-state index in [9.17, 15) is 0 Å². The van der Waals surface area contributed by atoms with Gasteiger partial charge in [-0.25, -0.2) is 0 Å². The quantitative estimate of drug-likeness (QED) is 0.864. The summed E-state index contributed by atoms with van der Waals surface area (Å²) >= 11 is 0. The monoisotopic (exact) mass is 247 g/mol. The highest BCUT2D eigenvalue weighted by molar-refractivity contribution is 5.12. The molecule has 1 N–H and O–H groups in total. The molecule has 2 heterocycles. The van der Waals surface area contributed by atoms with Crippen molar-refractivity contribution in [2.75, 3.05) is 26.2 Å². The molecular weight excluding hydrogens is 222 g/mol. The Morgan fingerprint density at radius 2 is 2.11 bits per heavy atom. The number of nitrogens with one attached hydrogen (secondary N) is 1. The van der Waals surface area contributed by atoms with Crippen LogP contribution < -0.4 is 5.32 Å². The molecule has 0 amide bonds. The summed E-state index contributed by atoms with van der Waals surface area (Å²) in [5, 5.41) is 3.43. The predicted octanol–water partition coefficient (Wildman–Crippen LogP) is 2.21. The third-order valence-electron chi connectivity index (χ3n) is 3.78. The first-order valence-electron chi connectivity index (χ1n) is 7.12. The maximum atomic E-state index is 4.51. The zero-order chi connectivity index (χ0) is 12.8. The topological polar surface area (TPSA) is 28.2 Å². The van der Waals surface area contributed by atoms with Gasteiger partial charge in [-0.1, -0.05) is 13.0 Å². The summed E-state index contributed by atoms with van der Waals surface area (Å²) in [6.07, 6.45) is 4.60. The molecule has 1 saturated heterocycles. The van der Waals surface area contributed by atoms with Crippen molar-refractivity contribution < 1.29 is 0 Å². The zero-order valence-corrected chi connectivity index (χ0v) is 11.7. The highest BCUT2D eigenvalue weighted by Crippen LogP contribution is 2.14. The van der Waals surface area contributed by atoms with E-state index in [0.717, 1.165) is 19.0 Å². The van der Waals surface area contributed by atoms with Crippen molar-refractivity contribution in [3.63, 3.8) is 0 Å². The molecule has 3 heteroatoms. The molecule has 0 aromatic carbocycles. The Labute approximate surface area is 111 Å². The van der Waals surface area contributed by atoms with E-state index >= 15 is 0 Å². The molecule has 1 aromatic heterocycles. The molecule has 0 spiro atoms. The number of rotatable bonds is 5. The summed E-state index contributed by atoms with van der Waals surface area (Å²) in [6, 6.07) is 4.31. The molecule has 0 atom stereocenters. The Morgan fingerprint density at radius 3 is 2.72 bits per heavy atom. The standard InChI is InChI=1S/C15H25N3/c1-3-18(11-14-6-8-16-9-7-14)12-15-5-4-13(2)10-17-15/h4-5,10,14,16H,3,6-9,11-12H2,1-2H3. The smallest absolute Gasteiger partial charge is 0.0544 e. The van der Waals surface area contributed by atoms with Gasteiger partial charge in [-0.05, 0) is 56.9 Å². The first kappa shape index (κ1) is 13.5. The second-order valence-electron chi connectivity index (χ2n) is 5.35.